The molecule has 0 aromatic carbocycles. The Kier molecular flexibility index (Phi) is 13.0. The van der Waals surface area contributed by atoms with Crippen molar-refractivity contribution in [2.75, 3.05) is 0 Å². The first-order valence-electron chi connectivity index (χ1n) is 8.43. The second kappa shape index (κ2) is 13.2. The molecule has 0 unspecified atom stereocenters. The Bertz CT molecular complexity index is 200. The highest BCUT2D eigenvalue weighted by Crippen LogP contribution is 2.20. The predicted molar refractivity (Wildman–Crippen MR) is 85.1 cm³/mol. The van der Waals surface area contributed by atoms with Crippen molar-refractivity contribution in [1.29, 1.82) is 0 Å². The van der Waals surface area contributed by atoms with Crippen LogP contribution in [0.2, 0.25) is 0 Å². The van der Waals surface area contributed by atoms with Gasteiger partial charge in [0.2, 0.25) is 0 Å². The van der Waals surface area contributed by atoms with Crippen molar-refractivity contribution in [3.8, 4) is 0 Å². The zero-order valence-corrected chi connectivity index (χ0v) is 13.5. The Balaban J connectivity index is 3.54. The molecule has 0 heteroatoms. The Hall–Kier alpha value is -0.260. The average Bonchev–Trinajstić information content (AvgIpc) is 2.37. The van der Waals surface area contributed by atoms with Gasteiger partial charge in [-0.3, -0.25) is 0 Å². The summed E-state index contributed by atoms with van der Waals surface area (Å²) in [4.78, 5) is 0. The third-order valence-electron chi connectivity index (χ3n) is 3.99. The molecule has 0 aliphatic rings. The maximum absolute atomic E-state index is 2.34. The van der Waals surface area contributed by atoms with Gasteiger partial charge in [-0.15, -0.1) is 0 Å². The largest absolute Gasteiger partial charge is 0.0741 e. The lowest BCUT2D eigenvalue weighted by Crippen LogP contribution is -1.89. The molecule has 0 aliphatic carbocycles. The number of hydrogen-bond donors (Lipinski definition) is 0. The molecule has 0 amide bonds. The quantitative estimate of drug-likeness (QED) is 0.258. The maximum atomic E-state index is 2.34. The van der Waals surface area contributed by atoms with Crippen LogP contribution in [-0.4, -0.2) is 0 Å². The molecule has 0 saturated heterocycles. The minimum absolute atomic E-state index is 1.27. The summed E-state index contributed by atoms with van der Waals surface area (Å²) < 4.78 is 0. The van der Waals surface area contributed by atoms with E-state index in [2.05, 4.69) is 27.7 Å². The summed E-state index contributed by atoms with van der Waals surface area (Å²) in [6.07, 6.45) is 16.7. The third kappa shape index (κ3) is 9.74. The first kappa shape index (κ1) is 17.7. The highest BCUT2D eigenvalue weighted by atomic mass is 14.1. The van der Waals surface area contributed by atoms with Crippen LogP contribution < -0.4 is 0 Å². The molecule has 0 atom stereocenters. The second-order valence-corrected chi connectivity index (χ2v) is 5.71. The standard InChI is InChI=1S/C18H36/c1-5-8-9-10-11-12-13-14-16-18(7-3)17(4)15-6-2/h5-16H2,1-4H3. The summed E-state index contributed by atoms with van der Waals surface area (Å²) in [7, 11) is 0. The first-order chi connectivity index (χ1) is 8.76. The fourth-order valence-corrected chi connectivity index (χ4v) is 2.72. The highest BCUT2D eigenvalue weighted by Gasteiger charge is 2.00. The normalized spacial score (nSPS) is 12.7. The van der Waals surface area contributed by atoms with E-state index in [0.717, 1.165) is 0 Å². The van der Waals surface area contributed by atoms with E-state index in [9.17, 15) is 0 Å². The molecule has 0 fully saturated rings. The summed E-state index contributed by atoms with van der Waals surface area (Å²) in [6.45, 7) is 9.23. The van der Waals surface area contributed by atoms with E-state index in [0.29, 0.717) is 0 Å². The number of rotatable bonds is 12. The van der Waals surface area contributed by atoms with E-state index in [1.807, 2.05) is 0 Å². The van der Waals surface area contributed by atoms with Crippen LogP contribution in [0.4, 0.5) is 0 Å². The minimum atomic E-state index is 1.27. The van der Waals surface area contributed by atoms with E-state index in [-0.39, 0.29) is 0 Å². The number of hydrogen-bond acceptors (Lipinski definition) is 0. The van der Waals surface area contributed by atoms with Crippen LogP contribution in [0.1, 0.15) is 105 Å². The zero-order valence-electron chi connectivity index (χ0n) is 13.5. The molecule has 108 valence electrons. The Morgan fingerprint density at radius 3 is 1.67 bits per heavy atom. The first-order valence-corrected chi connectivity index (χ1v) is 8.43. The minimum Gasteiger partial charge on any atom is -0.0741 e. The molecular formula is C18H36. The van der Waals surface area contributed by atoms with Gasteiger partial charge in [0.25, 0.3) is 0 Å². The lowest BCUT2D eigenvalue weighted by Gasteiger charge is -2.10. The molecule has 0 rings (SSSR count). The molecular weight excluding hydrogens is 216 g/mol. The Labute approximate surface area is 116 Å². The highest BCUT2D eigenvalue weighted by molar-refractivity contribution is 5.11. The van der Waals surface area contributed by atoms with Gasteiger partial charge >= 0.3 is 0 Å². The zero-order chi connectivity index (χ0) is 13.6. The van der Waals surface area contributed by atoms with Gasteiger partial charge in [-0.2, -0.15) is 0 Å². The SMILES string of the molecule is CCCCCCCCCCC(CC)=C(C)CCC. The van der Waals surface area contributed by atoms with E-state index in [4.69, 9.17) is 0 Å². The van der Waals surface area contributed by atoms with Crippen LogP contribution in [0, 0.1) is 0 Å². The molecule has 0 aromatic heterocycles. The van der Waals surface area contributed by atoms with Gasteiger partial charge in [-0.1, -0.05) is 83.3 Å². The second-order valence-electron chi connectivity index (χ2n) is 5.71. The van der Waals surface area contributed by atoms with Crippen molar-refractivity contribution in [2.45, 2.75) is 105 Å². The van der Waals surface area contributed by atoms with E-state index in [1.54, 1.807) is 11.1 Å². The maximum Gasteiger partial charge on any atom is -0.0318 e. The molecule has 0 spiro atoms. The Morgan fingerprint density at radius 1 is 0.611 bits per heavy atom. The van der Waals surface area contributed by atoms with Gasteiger partial charge in [0.1, 0.15) is 0 Å². The van der Waals surface area contributed by atoms with Crippen LogP contribution in [0.5, 0.6) is 0 Å². The summed E-state index contributed by atoms with van der Waals surface area (Å²) in [6, 6.07) is 0. The monoisotopic (exact) mass is 252 g/mol. The number of unbranched alkanes of at least 4 members (excludes halogenated alkanes) is 7. The summed E-state index contributed by atoms with van der Waals surface area (Å²) in [5, 5.41) is 0. The van der Waals surface area contributed by atoms with Crippen molar-refractivity contribution >= 4 is 0 Å². The molecule has 18 heavy (non-hydrogen) atoms. The van der Waals surface area contributed by atoms with Crippen molar-refractivity contribution in [3.05, 3.63) is 11.1 Å². The van der Waals surface area contributed by atoms with Crippen molar-refractivity contribution in [1.82, 2.24) is 0 Å². The van der Waals surface area contributed by atoms with Crippen LogP contribution in [0.3, 0.4) is 0 Å². The summed E-state index contributed by atoms with van der Waals surface area (Å²) >= 11 is 0. The lowest BCUT2D eigenvalue weighted by molar-refractivity contribution is 0.572. The molecule has 0 aromatic rings. The predicted octanol–water partition coefficient (Wildman–Crippen LogP) is 7.04. The van der Waals surface area contributed by atoms with Gasteiger partial charge in [0.15, 0.2) is 0 Å². The van der Waals surface area contributed by atoms with Crippen molar-refractivity contribution in [3.63, 3.8) is 0 Å². The van der Waals surface area contributed by atoms with Gasteiger partial charge in [-0.25, -0.2) is 0 Å². The van der Waals surface area contributed by atoms with E-state index < -0.39 is 0 Å². The molecule has 0 radical (unpaired) electrons. The smallest absolute Gasteiger partial charge is 0.0318 e. The molecule has 0 bridgehead atoms. The van der Waals surface area contributed by atoms with Crippen molar-refractivity contribution in [2.24, 2.45) is 0 Å². The topological polar surface area (TPSA) is 0 Å². The average molecular weight is 252 g/mol. The number of allylic oxidation sites excluding steroid dienone is 2. The van der Waals surface area contributed by atoms with Gasteiger partial charge in [0, 0.05) is 0 Å². The van der Waals surface area contributed by atoms with Crippen LogP contribution >= 0.6 is 0 Å². The van der Waals surface area contributed by atoms with Crippen LogP contribution in [-0.2, 0) is 0 Å². The fraction of sp³-hybridized carbons (Fsp3) is 0.889. The fourth-order valence-electron chi connectivity index (χ4n) is 2.72. The van der Waals surface area contributed by atoms with E-state index >= 15 is 0 Å². The molecule has 0 saturated carbocycles. The molecule has 0 nitrogen and oxygen atoms in total. The summed E-state index contributed by atoms with van der Waals surface area (Å²) in [5.41, 5.74) is 3.41. The molecule has 0 aliphatic heterocycles. The molecule has 0 heterocycles. The van der Waals surface area contributed by atoms with E-state index in [1.165, 1.54) is 77.0 Å². The van der Waals surface area contributed by atoms with Crippen LogP contribution in [0.15, 0.2) is 11.1 Å². The van der Waals surface area contributed by atoms with Gasteiger partial charge in [-0.05, 0) is 32.6 Å². The van der Waals surface area contributed by atoms with Gasteiger partial charge < -0.3 is 0 Å². The third-order valence-corrected chi connectivity index (χ3v) is 3.99. The van der Waals surface area contributed by atoms with Crippen molar-refractivity contribution < 1.29 is 0 Å². The van der Waals surface area contributed by atoms with Gasteiger partial charge in [0.05, 0.1) is 0 Å². The Morgan fingerprint density at radius 2 is 1.17 bits per heavy atom. The lowest BCUT2D eigenvalue weighted by atomic mass is 9.97. The molecule has 0 N–H and O–H groups in total. The summed E-state index contributed by atoms with van der Waals surface area (Å²) in [5.74, 6) is 0. The van der Waals surface area contributed by atoms with Crippen LogP contribution in [0.25, 0.3) is 0 Å².